The van der Waals surface area contributed by atoms with Gasteiger partial charge in [-0.3, -0.25) is 4.79 Å². The number of thiazole rings is 1. The Kier molecular flexibility index (Phi) is 6.37. The molecule has 0 spiro atoms. The Morgan fingerprint density at radius 1 is 1.39 bits per heavy atom. The van der Waals surface area contributed by atoms with Crippen molar-refractivity contribution in [2.45, 2.75) is 19.9 Å². The van der Waals surface area contributed by atoms with Crippen molar-refractivity contribution < 1.29 is 14.3 Å². The molecule has 0 atom stereocenters. The molecule has 6 nitrogen and oxygen atoms in total. The molecule has 23 heavy (non-hydrogen) atoms. The van der Waals surface area contributed by atoms with Gasteiger partial charge in [-0.2, -0.15) is 0 Å². The molecule has 1 amide bonds. The molecule has 0 bridgehead atoms. The van der Waals surface area contributed by atoms with Crippen molar-refractivity contribution >= 4 is 17.2 Å². The summed E-state index contributed by atoms with van der Waals surface area (Å²) in [5.74, 6) is 1.15. The summed E-state index contributed by atoms with van der Waals surface area (Å²) in [7, 11) is 1.60. The molecule has 3 N–H and O–H groups in total. The van der Waals surface area contributed by atoms with Crippen LogP contribution in [0.25, 0.3) is 0 Å². The zero-order chi connectivity index (χ0) is 16.7. The summed E-state index contributed by atoms with van der Waals surface area (Å²) in [6, 6.07) is 5.58. The molecule has 0 radical (unpaired) electrons. The molecule has 7 heteroatoms. The Morgan fingerprint density at radius 2 is 2.22 bits per heavy atom. The minimum atomic E-state index is -0.196. The van der Waals surface area contributed by atoms with Crippen LogP contribution in [0, 0.1) is 0 Å². The molecular formula is C16H21N3O3S. The van der Waals surface area contributed by atoms with E-state index in [1.165, 1.54) is 11.3 Å². The van der Waals surface area contributed by atoms with Crippen LogP contribution in [-0.4, -0.2) is 31.2 Å². The lowest BCUT2D eigenvalue weighted by Gasteiger charge is -2.11. The summed E-state index contributed by atoms with van der Waals surface area (Å²) in [5, 5.41) is 5.48. The van der Waals surface area contributed by atoms with Crippen LogP contribution in [0.3, 0.4) is 0 Å². The predicted molar refractivity (Wildman–Crippen MR) is 90.2 cm³/mol. The van der Waals surface area contributed by atoms with Crippen LogP contribution in [0.1, 0.15) is 28.0 Å². The van der Waals surface area contributed by atoms with Crippen molar-refractivity contribution in [1.82, 2.24) is 10.3 Å². The van der Waals surface area contributed by atoms with Gasteiger partial charge in [0.25, 0.3) is 5.91 Å². The number of rotatable bonds is 8. The summed E-state index contributed by atoms with van der Waals surface area (Å²) in [6.07, 6.45) is 0.689. The Hall–Kier alpha value is -2.12. The molecule has 0 saturated heterocycles. The highest BCUT2D eigenvalue weighted by Crippen LogP contribution is 2.28. The maximum atomic E-state index is 12.1. The average molecular weight is 335 g/mol. The van der Waals surface area contributed by atoms with Gasteiger partial charge < -0.3 is 20.5 Å². The quantitative estimate of drug-likeness (QED) is 0.770. The van der Waals surface area contributed by atoms with E-state index in [2.05, 4.69) is 10.3 Å². The lowest BCUT2D eigenvalue weighted by molar-refractivity contribution is 0.0946. The molecule has 0 aliphatic rings. The van der Waals surface area contributed by atoms with Crippen LogP contribution < -0.4 is 20.5 Å². The van der Waals surface area contributed by atoms with E-state index in [1.54, 1.807) is 12.5 Å². The smallest absolute Gasteiger partial charge is 0.271 e. The second kappa shape index (κ2) is 8.50. The van der Waals surface area contributed by atoms with E-state index in [4.69, 9.17) is 15.2 Å². The molecule has 0 aliphatic heterocycles. The van der Waals surface area contributed by atoms with Crippen LogP contribution in [0.4, 0.5) is 0 Å². The fourth-order valence-corrected chi connectivity index (χ4v) is 2.82. The second-order valence-corrected chi connectivity index (χ2v) is 5.71. The largest absolute Gasteiger partial charge is 0.493 e. The first-order valence-corrected chi connectivity index (χ1v) is 8.28. The van der Waals surface area contributed by atoms with Gasteiger partial charge in [0, 0.05) is 18.3 Å². The topological polar surface area (TPSA) is 86.5 Å². The number of ether oxygens (including phenoxy) is 2. The van der Waals surface area contributed by atoms with E-state index in [0.29, 0.717) is 43.3 Å². The Morgan fingerprint density at radius 3 is 2.91 bits per heavy atom. The first kappa shape index (κ1) is 17.2. The Bertz CT molecular complexity index is 658. The summed E-state index contributed by atoms with van der Waals surface area (Å²) < 4.78 is 10.8. The zero-order valence-corrected chi connectivity index (χ0v) is 14.1. The van der Waals surface area contributed by atoms with E-state index in [0.717, 1.165) is 10.6 Å². The number of aromatic nitrogens is 1. The van der Waals surface area contributed by atoms with Gasteiger partial charge in [-0.25, -0.2) is 4.98 Å². The van der Waals surface area contributed by atoms with Crippen molar-refractivity contribution in [2.24, 2.45) is 5.73 Å². The van der Waals surface area contributed by atoms with Crippen LogP contribution in [0.5, 0.6) is 11.5 Å². The monoisotopic (exact) mass is 335 g/mol. The third-order valence-electron chi connectivity index (χ3n) is 3.12. The normalized spacial score (nSPS) is 10.4. The first-order valence-electron chi connectivity index (χ1n) is 7.40. The van der Waals surface area contributed by atoms with Crippen molar-refractivity contribution in [2.75, 3.05) is 20.3 Å². The second-order valence-electron chi connectivity index (χ2n) is 4.77. The van der Waals surface area contributed by atoms with Crippen LogP contribution in [0.15, 0.2) is 23.6 Å². The first-order chi connectivity index (χ1) is 11.2. The van der Waals surface area contributed by atoms with Crippen molar-refractivity contribution in [3.8, 4) is 11.5 Å². The van der Waals surface area contributed by atoms with Crippen molar-refractivity contribution in [3.63, 3.8) is 0 Å². The number of nitrogens with zero attached hydrogens (tertiary/aromatic N) is 1. The lowest BCUT2D eigenvalue weighted by atomic mass is 10.2. The van der Waals surface area contributed by atoms with E-state index >= 15 is 0 Å². The molecule has 1 heterocycles. The number of methoxy groups -OCH3 is 1. The molecule has 124 valence electrons. The number of nitrogens with two attached hydrogens (primary N) is 1. The number of carbonyl (C=O) groups is 1. The maximum Gasteiger partial charge on any atom is 0.271 e. The van der Waals surface area contributed by atoms with Gasteiger partial charge in [0.15, 0.2) is 11.5 Å². The molecule has 1 aromatic carbocycles. The number of hydrogen-bond acceptors (Lipinski definition) is 6. The van der Waals surface area contributed by atoms with E-state index < -0.39 is 0 Å². The van der Waals surface area contributed by atoms with E-state index in [-0.39, 0.29) is 5.91 Å². The van der Waals surface area contributed by atoms with Gasteiger partial charge in [0.2, 0.25) is 0 Å². The number of carbonyl (C=O) groups excluding carboxylic acids is 1. The molecule has 1 aromatic heterocycles. The highest BCUT2D eigenvalue weighted by Gasteiger charge is 2.11. The Labute approximate surface area is 139 Å². The fraction of sp³-hybridized carbons (Fsp3) is 0.375. The highest BCUT2D eigenvalue weighted by molar-refractivity contribution is 7.09. The van der Waals surface area contributed by atoms with Crippen LogP contribution in [-0.2, 0) is 13.0 Å². The highest BCUT2D eigenvalue weighted by atomic mass is 32.1. The van der Waals surface area contributed by atoms with Gasteiger partial charge >= 0.3 is 0 Å². The van der Waals surface area contributed by atoms with Gasteiger partial charge in [-0.05, 0) is 31.2 Å². The fourth-order valence-electron chi connectivity index (χ4n) is 2.03. The standard InChI is InChI=1S/C16H21N3O3S/c1-3-22-14-8-11(4-5-13(14)21-2)9-18-16(20)12-10-23-15(19-12)6-7-17/h4-5,8,10H,3,6-7,9,17H2,1-2H3,(H,18,20). The maximum absolute atomic E-state index is 12.1. The summed E-state index contributed by atoms with van der Waals surface area (Å²) in [5.41, 5.74) is 6.85. The number of nitrogens with one attached hydrogen (secondary N) is 1. The Balaban J connectivity index is 1.99. The minimum Gasteiger partial charge on any atom is -0.493 e. The van der Waals surface area contributed by atoms with E-state index in [9.17, 15) is 4.79 Å². The molecular weight excluding hydrogens is 314 g/mol. The van der Waals surface area contributed by atoms with Gasteiger partial charge in [-0.1, -0.05) is 6.07 Å². The molecule has 0 saturated carbocycles. The third kappa shape index (κ3) is 4.67. The number of benzene rings is 1. The minimum absolute atomic E-state index is 0.196. The summed E-state index contributed by atoms with van der Waals surface area (Å²) in [6.45, 7) is 3.39. The van der Waals surface area contributed by atoms with Crippen LogP contribution >= 0.6 is 11.3 Å². The zero-order valence-electron chi connectivity index (χ0n) is 13.3. The molecule has 0 unspecified atom stereocenters. The molecule has 0 fully saturated rings. The predicted octanol–water partition coefficient (Wildman–Crippen LogP) is 1.98. The van der Waals surface area contributed by atoms with Crippen molar-refractivity contribution in [1.29, 1.82) is 0 Å². The number of hydrogen-bond donors (Lipinski definition) is 2. The summed E-state index contributed by atoms with van der Waals surface area (Å²) >= 11 is 1.45. The average Bonchev–Trinajstić information content (AvgIpc) is 3.02. The SMILES string of the molecule is CCOc1cc(CNC(=O)c2csc(CCN)n2)ccc1OC. The lowest BCUT2D eigenvalue weighted by Crippen LogP contribution is -2.23. The molecule has 0 aliphatic carbocycles. The summed E-state index contributed by atoms with van der Waals surface area (Å²) in [4.78, 5) is 16.4. The van der Waals surface area contributed by atoms with Gasteiger partial charge in [-0.15, -0.1) is 11.3 Å². The molecule has 2 rings (SSSR count). The van der Waals surface area contributed by atoms with E-state index in [1.807, 2.05) is 25.1 Å². The van der Waals surface area contributed by atoms with Gasteiger partial charge in [0.05, 0.1) is 18.7 Å². The van der Waals surface area contributed by atoms with Crippen LogP contribution in [0.2, 0.25) is 0 Å². The molecule has 2 aromatic rings. The third-order valence-corrected chi connectivity index (χ3v) is 4.03. The van der Waals surface area contributed by atoms with Crippen molar-refractivity contribution in [3.05, 3.63) is 39.8 Å². The number of amides is 1. The van der Waals surface area contributed by atoms with Gasteiger partial charge in [0.1, 0.15) is 5.69 Å².